The number of carboxylic acid groups (broad SMARTS) is 1. The maximum Gasteiger partial charge on any atom is 0.312 e. The van der Waals surface area contributed by atoms with Gasteiger partial charge >= 0.3 is 5.97 Å². The van der Waals surface area contributed by atoms with Gasteiger partial charge in [-0.05, 0) is 25.3 Å². The molecular weight excluding hydrogens is 276 g/mol. The molecule has 0 bridgehead atoms. The summed E-state index contributed by atoms with van der Waals surface area (Å²) >= 11 is 1.54. The molecule has 0 spiro atoms. The maximum atomic E-state index is 11.3. The molecular formula is C14H14N2O3S. The number of methoxy groups -OCH3 is 1. The highest BCUT2D eigenvalue weighted by atomic mass is 32.1. The molecule has 1 aliphatic carbocycles. The molecule has 1 aliphatic rings. The van der Waals surface area contributed by atoms with Crippen molar-refractivity contribution in [3.8, 4) is 16.6 Å². The Hall–Kier alpha value is -1.95. The molecule has 1 unspecified atom stereocenters. The summed E-state index contributed by atoms with van der Waals surface area (Å²) in [5.74, 6) is -0.735. The van der Waals surface area contributed by atoms with Crippen molar-refractivity contribution in [1.29, 1.82) is 0 Å². The van der Waals surface area contributed by atoms with E-state index < -0.39 is 11.9 Å². The first-order valence-electron chi connectivity index (χ1n) is 6.43. The third-order valence-electron chi connectivity index (χ3n) is 3.40. The molecule has 2 heterocycles. The van der Waals surface area contributed by atoms with E-state index in [-0.39, 0.29) is 0 Å². The molecule has 0 saturated heterocycles. The number of thiazole rings is 1. The number of aryl methyl sites for hydroxylation is 1. The van der Waals surface area contributed by atoms with E-state index in [0.717, 1.165) is 28.4 Å². The van der Waals surface area contributed by atoms with Gasteiger partial charge in [-0.15, -0.1) is 11.3 Å². The van der Waals surface area contributed by atoms with Crippen LogP contribution in [0.2, 0.25) is 0 Å². The summed E-state index contributed by atoms with van der Waals surface area (Å²) < 4.78 is 5.11. The second kappa shape index (κ2) is 5.20. The number of carbonyl (C=O) groups is 1. The fourth-order valence-electron chi connectivity index (χ4n) is 2.42. The smallest absolute Gasteiger partial charge is 0.312 e. The lowest BCUT2D eigenvalue weighted by Gasteiger charge is -2.16. The zero-order chi connectivity index (χ0) is 14.1. The predicted molar refractivity (Wildman–Crippen MR) is 75.2 cm³/mol. The van der Waals surface area contributed by atoms with E-state index in [9.17, 15) is 9.90 Å². The molecule has 0 amide bonds. The number of rotatable bonds is 3. The van der Waals surface area contributed by atoms with Gasteiger partial charge in [-0.3, -0.25) is 4.79 Å². The molecule has 0 aromatic carbocycles. The number of ether oxygens (including phenoxy) is 1. The molecule has 5 nitrogen and oxygen atoms in total. The number of nitrogens with zero attached hydrogens (tertiary/aromatic N) is 2. The number of hydrogen-bond acceptors (Lipinski definition) is 5. The van der Waals surface area contributed by atoms with E-state index in [4.69, 9.17) is 4.74 Å². The minimum atomic E-state index is -0.790. The number of carboxylic acids is 1. The van der Waals surface area contributed by atoms with Crippen LogP contribution in [0.5, 0.6) is 5.88 Å². The van der Waals surface area contributed by atoms with Gasteiger partial charge < -0.3 is 9.84 Å². The fourth-order valence-corrected chi connectivity index (χ4v) is 3.55. The normalized spacial score (nSPS) is 17.6. The Morgan fingerprint density at radius 2 is 2.30 bits per heavy atom. The van der Waals surface area contributed by atoms with Crippen LogP contribution in [0.3, 0.4) is 0 Å². The van der Waals surface area contributed by atoms with Crippen molar-refractivity contribution in [1.82, 2.24) is 9.97 Å². The van der Waals surface area contributed by atoms with Crippen molar-refractivity contribution in [3.63, 3.8) is 0 Å². The molecule has 2 aromatic rings. The van der Waals surface area contributed by atoms with Gasteiger partial charge in [-0.25, -0.2) is 9.97 Å². The molecule has 3 rings (SSSR count). The minimum absolute atomic E-state index is 0.477. The molecule has 2 aromatic heterocycles. The lowest BCUT2D eigenvalue weighted by atomic mass is 9.91. The Bertz CT molecular complexity index is 654. The van der Waals surface area contributed by atoms with Crippen molar-refractivity contribution in [2.24, 2.45) is 0 Å². The Balaban J connectivity index is 2.02. The highest BCUT2D eigenvalue weighted by Gasteiger charge is 2.30. The first-order chi connectivity index (χ1) is 9.69. The molecule has 20 heavy (non-hydrogen) atoms. The highest BCUT2D eigenvalue weighted by molar-refractivity contribution is 7.15. The van der Waals surface area contributed by atoms with Crippen LogP contribution in [0, 0.1) is 0 Å². The second-order valence-electron chi connectivity index (χ2n) is 4.68. The molecule has 1 atom stereocenters. The van der Waals surface area contributed by atoms with Crippen LogP contribution in [0.1, 0.15) is 29.3 Å². The van der Waals surface area contributed by atoms with Gasteiger partial charge in [-0.1, -0.05) is 6.07 Å². The Kier molecular flexibility index (Phi) is 3.40. The molecule has 0 radical (unpaired) electrons. The third-order valence-corrected chi connectivity index (χ3v) is 4.56. The van der Waals surface area contributed by atoms with E-state index in [0.29, 0.717) is 18.0 Å². The Morgan fingerprint density at radius 3 is 3.05 bits per heavy atom. The lowest BCUT2D eigenvalue weighted by Crippen LogP contribution is -2.17. The van der Waals surface area contributed by atoms with Crippen LogP contribution in [0.15, 0.2) is 18.2 Å². The zero-order valence-electron chi connectivity index (χ0n) is 11.0. The Labute approximate surface area is 120 Å². The molecule has 0 saturated carbocycles. The summed E-state index contributed by atoms with van der Waals surface area (Å²) in [5, 5.41) is 10.0. The van der Waals surface area contributed by atoms with Crippen molar-refractivity contribution in [2.75, 3.05) is 7.11 Å². The van der Waals surface area contributed by atoms with E-state index in [1.54, 1.807) is 13.2 Å². The highest BCUT2D eigenvalue weighted by Crippen LogP contribution is 2.38. The molecule has 0 aliphatic heterocycles. The number of aromatic nitrogens is 2. The maximum absolute atomic E-state index is 11.3. The monoisotopic (exact) mass is 290 g/mol. The van der Waals surface area contributed by atoms with Gasteiger partial charge in [0.1, 0.15) is 16.6 Å². The van der Waals surface area contributed by atoms with E-state index in [2.05, 4.69) is 9.97 Å². The van der Waals surface area contributed by atoms with Gasteiger partial charge in [0.25, 0.3) is 0 Å². The van der Waals surface area contributed by atoms with Crippen LogP contribution in [0.4, 0.5) is 0 Å². The fraction of sp³-hybridized carbons (Fsp3) is 0.357. The average molecular weight is 290 g/mol. The molecule has 6 heteroatoms. The number of pyridine rings is 1. The van der Waals surface area contributed by atoms with Crippen molar-refractivity contribution in [3.05, 3.63) is 28.8 Å². The zero-order valence-corrected chi connectivity index (χ0v) is 11.8. The molecule has 1 N–H and O–H groups in total. The molecule has 104 valence electrons. The quantitative estimate of drug-likeness (QED) is 0.941. The van der Waals surface area contributed by atoms with E-state index >= 15 is 0 Å². The van der Waals surface area contributed by atoms with E-state index in [1.807, 2.05) is 12.1 Å². The van der Waals surface area contributed by atoms with Gasteiger partial charge in [0.15, 0.2) is 0 Å². The number of aliphatic carboxylic acids is 1. The predicted octanol–water partition coefficient (Wildman–Crippen LogP) is 2.72. The van der Waals surface area contributed by atoms with Crippen molar-refractivity contribution in [2.45, 2.75) is 25.2 Å². The average Bonchev–Trinajstić information content (AvgIpc) is 2.91. The molecule has 0 fully saturated rings. The number of fused-ring (bicyclic) bond motifs is 1. The summed E-state index contributed by atoms with van der Waals surface area (Å²) in [4.78, 5) is 21.2. The standard InChI is InChI=1S/C14H14N2O3S/c1-19-11-7-3-5-9(15-11)13-16-12-8(14(17)18)4-2-6-10(12)20-13/h3,5,7-8H,2,4,6H2,1H3,(H,17,18). The summed E-state index contributed by atoms with van der Waals surface area (Å²) in [6.45, 7) is 0. The van der Waals surface area contributed by atoms with Gasteiger partial charge in [0.05, 0.1) is 12.8 Å². The van der Waals surface area contributed by atoms with Gasteiger partial charge in [0, 0.05) is 10.9 Å². The van der Waals surface area contributed by atoms with Crippen LogP contribution >= 0.6 is 11.3 Å². The Morgan fingerprint density at radius 1 is 1.45 bits per heavy atom. The summed E-state index contributed by atoms with van der Waals surface area (Å²) in [5.41, 5.74) is 1.45. The van der Waals surface area contributed by atoms with Crippen LogP contribution < -0.4 is 4.74 Å². The SMILES string of the molecule is COc1cccc(-c2nc3c(s2)CCCC3C(=O)O)n1. The number of hydrogen-bond donors (Lipinski definition) is 1. The van der Waals surface area contributed by atoms with Crippen molar-refractivity contribution < 1.29 is 14.6 Å². The van der Waals surface area contributed by atoms with Gasteiger partial charge in [-0.2, -0.15) is 0 Å². The second-order valence-corrected chi connectivity index (χ2v) is 5.76. The summed E-state index contributed by atoms with van der Waals surface area (Å²) in [7, 11) is 1.57. The topological polar surface area (TPSA) is 72.3 Å². The van der Waals surface area contributed by atoms with Gasteiger partial charge in [0.2, 0.25) is 5.88 Å². The van der Waals surface area contributed by atoms with Crippen LogP contribution in [-0.2, 0) is 11.2 Å². The summed E-state index contributed by atoms with van der Waals surface area (Å²) in [6, 6.07) is 5.50. The van der Waals surface area contributed by atoms with Crippen molar-refractivity contribution >= 4 is 17.3 Å². The van der Waals surface area contributed by atoms with Crippen LogP contribution in [-0.4, -0.2) is 28.2 Å². The van der Waals surface area contributed by atoms with E-state index in [1.165, 1.54) is 11.3 Å². The summed E-state index contributed by atoms with van der Waals surface area (Å²) in [6.07, 6.45) is 2.47. The lowest BCUT2D eigenvalue weighted by molar-refractivity contribution is -0.139. The minimum Gasteiger partial charge on any atom is -0.481 e. The van der Waals surface area contributed by atoms with Crippen LogP contribution in [0.25, 0.3) is 10.7 Å². The third kappa shape index (κ3) is 2.27. The first-order valence-corrected chi connectivity index (χ1v) is 7.24. The first kappa shape index (κ1) is 13.1. The largest absolute Gasteiger partial charge is 0.481 e.